The smallest absolute Gasteiger partial charge is 0.253 e. The summed E-state index contributed by atoms with van der Waals surface area (Å²) in [6, 6.07) is 13.6. The normalized spacial score (nSPS) is 17.8. The molecule has 1 N–H and O–H groups in total. The molecule has 3 rings (SSSR count). The van der Waals surface area contributed by atoms with Gasteiger partial charge in [-0.15, -0.1) is 0 Å². The zero-order chi connectivity index (χ0) is 20.1. The second-order valence-electron chi connectivity index (χ2n) is 7.34. The number of rotatable bonds is 5. The minimum atomic E-state index is -0.368. The maximum absolute atomic E-state index is 13.1. The lowest BCUT2D eigenvalue weighted by Gasteiger charge is -2.32. The van der Waals surface area contributed by atoms with Crippen LogP contribution in [0.3, 0.4) is 0 Å². The average molecular weight is 447 g/mol. The standard InChI is InChI=1S/C22H24BrFN2O2/c1-15(13-16-4-8-19(23)9-5-16)25-21(27)18-3-2-12-26(14-18)22(28)17-6-10-20(24)11-7-17/h4-11,15,18H,2-3,12-14H2,1H3,(H,25,27). The van der Waals surface area contributed by atoms with Crippen molar-refractivity contribution >= 4 is 27.7 Å². The lowest BCUT2D eigenvalue weighted by atomic mass is 9.95. The van der Waals surface area contributed by atoms with Crippen molar-refractivity contribution in [1.29, 1.82) is 0 Å². The number of hydrogen-bond donors (Lipinski definition) is 1. The predicted octanol–water partition coefficient (Wildman–Crippen LogP) is 4.19. The zero-order valence-corrected chi connectivity index (χ0v) is 17.4. The number of carbonyl (C=O) groups excluding carboxylic acids is 2. The molecule has 1 saturated heterocycles. The van der Waals surface area contributed by atoms with Crippen LogP contribution in [0.5, 0.6) is 0 Å². The first-order valence-electron chi connectivity index (χ1n) is 9.52. The summed E-state index contributed by atoms with van der Waals surface area (Å²) in [5, 5.41) is 3.08. The number of hydrogen-bond acceptors (Lipinski definition) is 2. The van der Waals surface area contributed by atoms with Crippen LogP contribution in [0.4, 0.5) is 4.39 Å². The van der Waals surface area contributed by atoms with Crippen LogP contribution >= 0.6 is 15.9 Å². The van der Waals surface area contributed by atoms with Crippen molar-refractivity contribution in [3.05, 3.63) is 69.9 Å². The third kappa shape index (κ3) is 5.41. The average Bonchev–Trinajstić information content (AvgIpc) is 2.70. The summed E-state index contributed by atoms with van der Waals surface area (Å²) in [7, 11) is 0. The van der Waals surface area contributed by atoms with Crippen molar-refractivity contribution in [3.8, 4) is 0 Å². The number of piperidine rings is 1. The Hall–Kier alpha value is -2.21. The first-order valence-corrected chi connectivity index (χ1v) is 10.3. The molecule has 1 aliphatic heterocycles. The summed E-state index contributed by atoms with van der Waals surface area (Å²) in [5.41, 5.74) is 1.61. The second-order valence-corrected chi connectivity index (χ2v) is 8.25. The van der Waals surface area contributed by atoms with Gasteiger partial charge in [0.05, 0.1) is 5.92 Å². The van der Waals surface area contributed by atoms with Crippen molar-refractivity contribution in [2.45, 2.75) is 32.2 Å². The quantitative estimate of drug-likeness (QED) is 0.748. The summed E-state index contributed by atoms with van der Waals surface area (Å²) in [6.45, 7) is 3.01. The Morgan fingerprint density at radius 1 is 1.18 bits per heavy atom. The third-order valence-electron chi connectivity index (χ3n) is 5.01. The van der Waals surface area contributed by atoms with Crippen LogP contribution in [0, 0.1) is 11.7 Å². The van der Waals surface area contributed by atoms with Gasteiger partial charge in [0.2, 0.25) is 5.91 Å². The Morgan fingerprint density at radius 2 is 1.86 bits per heavy atom. The highest BCUT2D eigenvalue weighted by Gasteiger charge is 2.29. The van der Waals surface area contributed by atoms with Gasteiger partial charge in [0.25, 0.3) is 5.91 Å². The summed E-state index contributed by atoms with van der Waals surface area (Å²) in [4.78, 5) is 27.0. The minimum absolute atomic E-state index is 0.0110. The summed E-state index contributed by atoms with van der Waals surface area (Å²) in [5.74, 6) is -0.751. The van der Waals surface area contributed by atoms with Crippen molar-refractivity contribution in [2.24, 2.45) is 5.92 Å². The molecule has 4 nitrogen and oxygen atoms in total. The Labute approximate surface area is 173 Å². The molecule has 0 bridgehead atoms. The van der Waals surface area contributed by atoms with E-state index in [9.17, 15) is 14.0 Å². The van der Waals surface area contributed by atoms with E-state index in [4.69, 9.17) is 0 Å². The minimum Gasteiger partial charge on any atom is -0.353 e. The monoisotopic (exact) mass is 446 g/mol. The first kappa shape index (κ1) is 20.5. The molecule has 0 spiro atoms. The molecule has 1 fully saturated rings. The van der Waals surface area contributed by atoms with E-state index in [1.807, 2.05) is 31.2 Å². The van der Waals surface area contributed by atoms with Gasteiger partial charge in [-0.1, -0.05) is 28.1 Å². The van der Waals surface area contributed by atoms with Crippen LogP contribution < -0.4 is 5.32 Å². The van der Waals surface area contributed by atoms with Gasteiger partial charge in [-0.25, -0.2) is 4.39 Å². The summed E-state index contributed by atoms with van der Waals surface area (Å²) >= 11 is 3.42. The van der Waals surface area contributed by atoms with Gasteiger partial charge in [0, 0.05) is 29.2 Å². The largest absolute Gasteiger partial charge is 0.353 e. The number of nitrogens with zero attached hydrogens (tertiary/aromatic N) is 1. The second kappa shape index (κ2) is 9.32. The van der Waals surface area contributed by atoms with Crippen molar-refractivity contribution in [3.63, 3.8) is 0 Å². The van der Waals surface area contributed by atoms with Gasteiger partial charge >= 0.3 is 0 Å². The van der Waals surface area contributed by atoms with E-state index in [0.29, 0.717) is 18.7 Å². The van der Waals surface area contributed by atoms with Gasteiger partial charge in [-0.05, 0) is 68.1 Å². The molecule has 2 amide bonds. The Kier molecular flexibility index (Phi) is 6.83. The highest BCUT2D eigenvalue weighted by Crippen LogP contribution is 2.20. The molecule has 1 aliphatic rings. The van der Waals surface area contributed by atoms with E-state index in [-0.39, 0.29) is 29.6 Å². The highest BCUT2D eigenvalue weighted by atomic mass is 79.9. The SMILES string of the molecule is CC(Cc1ccc(Br)cc1)NC(=O)C1CCCN(C(=O)c2ccc(F)cc2)C1. The topological polar surface area (TPSA) is 49.4 Å². The molecule has 148 valence electrons. The molecule has 6 heteroatoms. The molecule has 28 heavy (non-hydrogen) atoms. The number of carbonyl (C=O) groups is 2. The van der Waals surface area contributed by atoms with Crippen LogP contribution in [0.1, 0.15) is 35.7 Å². The van der Waals surface area contributed by atoms with E-state index < -0.39 is 0 Å². The van der Waals surface area contributed by atoms with E-state index in [1.54, 1.807) is 4.90 Å². The molecule has 2 aromatic rings. The molecule has 0 aromatic heterocycles. The number of benzene rings is 2. The van der Waals surface area contributed by atoms with Gasteiger partial charge in [-0.2, -0.15) is 0 Å². The molecule has 2 atom stereocenters. The highest BCUT2D eigenvalue weighted by molar-refractivity contribution is 9.10. The molecule has 0 radical (unpaired) electrons. The van der Waals surface area contributed by atoms with Gasteiger partial charge in [-0.3, -0.25) is 9.59 Å². The lowest BCUT2D eigenvalue weighted by molar-refractivity contribution is -0.126. The molecule has 1 heterocycles. The maximum atomic E-state index is 13.1. The third-order valence-corrected chi connectivity index (χ3v) is 5.54. The van der Waals surface area contributed by atoms with Gasteiger partial charge < -0.3 is 10.2 Å². The fourth-order valence-electron chi connectivity index (χ4n) is 3.54. The Balaban J connectivity index is 1.55. The summed E-state index contributed by atoms with van der Waals surface area (Å²) < 4.78 is 14.1. The zero-order valence-electron chi connectivity index (χ0n) is 15.8. The van der Waals surface area contributed by atoms with Crippen LogP contribution in [0.25, 0.3) is 0 Å². The summed E-state index contributed by atoms with van der Waals surface area (Å²) in [6.07, 6.45) is 2.31. The Bertz CT molecular complexity index is 823. The fraction of sp³-hybridized carbons (Fsp3) is 0.364. The first-order chi connectivity index (χ1) is 13.4. The van der Waals surface area contributed by atoms with E-state index in [2.05, 4.69) is 21.2 Å². The number of nitrogens with one attached hydrogen (secondary N) is 1. The fourth-order valence-corrected chi connectivity index (χ4v) is 3.80. The number of amides is 2. The van der Waals surface area contributed by atoms with Crippen molar-refractivity contribution in [1.82, 2.24) is 10.2 Å². The molecule has 2 unspecified atom stereocenters. The van der Waals surface area contributed by atoms with E-state index in [0.717, 1.165) is 29.3 Å². The van der Waals surface area contributed by atoms with Crippen LogP contribution in [-0.4, -0.2) is 35.8 Å². The molecular weight excluding hydrogens is 423 g/mol. The number of likely N-dealkylation sites (tertiary alicyclic amines) is 1. The predicted molar refractivity (Wildman–Crippen MR) is 110 cm³/mol. The molecule has 0 aliphatic carbocycles. The van der Waals surface area contributed by atoms with Gasteiger partial charge in [0.15, 0.2) is 0 Å². The van der Waals surface area contributed by atoms with Crippen molar-refractivity contribution < 1.29 is 14.0 Å². The molecule has 0 saturated carbocycles. The van der Waals surface area contributed by atoms with Gasteiger partial charge in [0.1, 0.15) is 5.82 Å². The van der Waals surface area contributed by atoms with Crippen LogP contribution in [-0.2, 0) is 11.2 Å². The number of halogens is 2. The molecular formula is C22H24BrFN2O2. The van der Waals surface area contributed by atoms with Crippen LogP contribution in [0.2, 0.25) is 0 Å². The maximum Gasteiger partial charge on any atom is 0.253 e. The van der Waals surface area contributed by atoms with E-state index in [1.165, 1.54) is 24.3 Å². The molecule has 2 aromatic carbocycles. The van der Waals surface area contributed by atoms with E-state index >= 15 is 0 Å². The van der Waals surface area contributed by atoms with Crippen LogP contribution in [0.15, 0.2) is 53.0 Å². The van der Waals surface area contributed by atoms with Crippen molar-refractivity contribution in [2.75, 3.05) is 13.1 Å². The lowest BCUT2D eigenvalue weighted by Crippen LogP contribution is -2.47. The Morgan fingerprint density at radius 3 is 2.54 bits per heavy atom.